The molecule has 1 aliphatic carbocycles. The molecule has 7 heteroatoms. The SMILES string of the molecule is O=C(CCC1CCCC1)N(CCc1csc2nc(-c3ccc(Cl)cc3)cn12)Cc1ccco1. The van der Waals surface area contributed by atoms with Gasteiger partial charge in [0.1, 0.15) is 5.76 Å². The van der Waals surface area contributed by atoms with E-state index in [0.29, 0.717) is 25.4 Å². The lowest BCUT2D eigenvalue weighted by molar-refractivity contribution is -0.132. The summed E-state index contributed by atoms with van der Waals surface area (Å²) in [4.78, 5) is 20.8. The lowest BCUT2D eigenvalue weighted by Crippen LogP contribution is -2.32. The maximum atomic E-state index is 13.1. The molecule has 1 aromatic carbocycles. The summed E-state index contributed by atoms with van der Waals surface area (Å²) in [6, 6.07) is 11.6. The normalized spacial score (nSPS) is 14.3. The molecule has 1 aliphatic rings. The lowest BCUT2D eigenvalue weighted by Gasteiger charge is -2.22. The van der Waals surface area contributed by atoms with E-state index in [2.05, 4.69) is 16.0 Å². The van der Waals surface area contributed by atoms with Crippen molar-refractivity contribution in [2.75, 3.05) is 6.54 Å². The van der Waals surface area contributed by atoms with Gasteiger partial charge in [-0.05, 0) is 36.6 Å². The van der Waals surface area contributed by atoms with Crippen LogP contribution in [0.25, 0.3) is 16.2 Å². The zero-order valence-electron chi connectivity index (χ0n) is 18.6. The molecule has 1 saturated carbocycles. The molecule has 0 spiro atoms. The number of imidazole rings is 1. The van der Waals surface area contributed by atoms with E-state index in [-0.39, 0.29) is 5.91 Å². The average molecular weight is 482 g/mol. The highest BCUT2D eigenvalue weighted by molar-refractivity contribution is 7.15. The first-order chi connectivity index (χ1) is 16.2. The number of aromatic nitrogens is 2. The van der Waals surface area contributed by atoms with Gasteiger partial charge in [0.2, 0.25) is 5.91 Å². The van der Waals surface area contributed by atoms with Gasteiger partial charge in [0.05, 0.1) is 18.5 Å². The van der Waals surface area contributed by atoms with E-state index in [4.69, 9.17) is 21.0 Å². The molecule has 3 aromatic heterocycles. The number of hydrogen-bond donors (Lipinski definition) is 0. The third-order valence-corrected chi connectivity index (χ3v) is 7.72. The molecule has 33 heavy (non-hydrogen) atoms. The van der Waals surface area contributed by atoms with Gasteiger partial charge in [-0.3, -0.25) is 9.20 Å². The number of benzene rings is 1. The Morgan fingerprint density at radius 3 is 2.79 bits per heavy atom. The van der Waals surface area contributed by atoms with Crippen molar-refractivity contribution < 1.29 is 9.21 Å². The lowest BCUT2D eigenvalue weighted by atomic mass is 10.0. The summed E-state index contributed by atoms with van der Waals surface area (Å²) >= 11 is 7.65. The number of fused-ring (bicyclic) bond motifs is 1. The average Bonchev–Trinajstić information content (AvgIpc) is 3.62. The van der Waals surface area contributed by atoms with Crippen LogP contribution in [0, 0.1) is 5.92 Å². The third-order valence-electron chi connectivity index (χ3n) is 6.58. The van der Waals surface area contributed by atoms with E-state index < -0.39 is 0 Å². The van der Waals surface area contributed by atoms with Crippen LogP contribution < -0.4 is 0 Å². The molecular weight excluding hydrogens is 454 g/mol. The molecular formula is C26H28ClN3O2S. The highest BCUT2D eigenvalue weighted by Gasteiger charge is 2.21. The van der Waals surface area contributed by atoms with Gasteiger partial charge in [-0.25, -0.2) is 4.98 Å². The summed E-state index contributed by atoms with van der Waals surface area (Å²) in [5.74, 6) is 1.76. The molecule has 172 valence electrons. The van der Waals surface area contributed by atoms with Crippen LogP contribution in [0.4, 0.5) is 0 Å². The van der Waals surface area contributed by atoms with Crippen molar-refractivity contribution >= 4 is 33.8 Å². The zero-order chi connectivity index (χ0) is 22.6. The van der Waals surface area contributed by atoms with Crippen LogP contribution in [0.2, 0.25) is 5.02 Å². The molecule has 0 radical (unpaired) electrons. The second-order valence-corrected chi connectivity index (χ2v) is 10.1. The number of carbonyl (C=O) groups excluding carboxylic acids is 1. The first kappa shape index (κ1) is 22.2. The fourth-order valence-corrected chi connectivity index (χ4v) is 5.72. The van der Waals surface area contributed by atoms with Gasteiger partial charge < -0.3 is 9.32 Å². The topological polar surface area (TPSA) is 50.8 Å². The molecule has 5 nitrogen and oxygen atoms in total. The molecule has 0 N–H and O–H groups in total. The van der Waals surface area contributed by atoms with E-state index >= 15 is 0 Å². The van der Waals surface area contributed by atoms with Crippen molar-refractivity contribution in [3.8, 4) is 11.3 Å². The van der Waals surface area contributed by atoms with Crippen molar-refractivity contribution in [2.24, 2.45) is 5.92 Å². The van der Waals surface area contributed by atoms with Crippen LogP contribution in [-0.4, -0.2) is 26.7 Å². The molecule has 4 aromatic rings. The zero-order valence-corrected chi connectivity index (χ0v) is 20.2. The number of thiazole rings is 1. The molecule has 0 unspecified atom stereocenters. The maximum absolute atomic E-state index is 13.1. The largest absolute Gasteiger partial charge is 0.467 e. The van der Waals surface area contributed by atoms with Crippen LogP contribution in [0.15, 0.2) is 58.7 Å². The number of amides is 1. The summed E-state index contributed by atoms with van der Waals surface area (Å²) < 4.78 is 7.69. The van der Waals surface area contributed by atoms with Gasteiger partial charge in [0.25, 0.3) is 0 Å². The minimum Gasteiger partial charge on any atom is -0.467 e. The number of rotatable bonds is 9. The first-order valence-corrected chi connectivity index (χ1v) is 12.9. The standard InChI is InChI=1S/C26H28ClN3O2S/c27-21-10-8-20(9-11-21)24-17-30-22(18-33-26(30)28-24)13-14-29(16-23-6-3-15-32-23)25(31)12-7-19-4-1-2-5-19/h3,6,8-11,15,17-19H,1-2,4-5,7,12-14,16H2. The first-order valence-electron chi connectivity index (χ1n) is 11.7. The van der Waals surface area contributed by atoms with Crippen LogP contribution in [0.1, 0.15) is 50.0 Å². The summed E-state index contributed by atoms with van der Waals surface area (Å²) in [5, 5.41) is 2.86. The highest BCUT2D eigenvalue weighted by Crippen LogP contribution is 2.29. The molecule has 0 atom stereocenters. The predicted molar refractivity (Wildman–Crippen MR) is 133 cm³/mol. The van der Waals surface area contributed by atoms with Crippen LogP contribution in [0.3, 0.4) is 0 Å². The summed E-state index contributed by atoms with van der Waals surface area (Å²) in [6.45, 7) is 1.17. The maximum Gasteiger partial charge on any atom is 0.222 e. The van der Waals surface area contributed by atoms with Crippen LogP contribution in [-0.2, 0) is 17.8 Å². The summed E-state index contributed by atoms with van der Waals surface area (Å²) in [7, 11) is 0. The number of carbonyl (C=O) groups is 1. The van der Waals surface area contributed by atoms with Crippen LogP contribution in [0.5, 0.6) is 0 Å². The number of furan rings is 1. The Morgan fingerprint density at radius 2 is 2.03 bits per heavy atom. The Kier molecular flexibility index (Phi) is 6.83. The Labute approximate surface area is 203 Å². The number of hydrogen-bond acceptors (Lipinski definition) is 4. The fourth-order valence-electron chi connectivity index (χ4n) is 4.69. The second-order valence-electron chi connectivity index (χ2n) is 8.85. The predicted octanol–water partition coefficient (Wildman–Crippen LogP) is 6.85. The van der Waals surface area contributed by atoms with Crippen molar-refractivity contribution in [1.29, 1.82) is 0 Å². The molecule has 1 fully saturated rings. The van der Waals surface area contributed by atoms with Crippen molar-refractivity contribution in [3.63, 3.8) is 0 Å². The second kappa shape index (κ2) is 10.1. The molecule has 0 bridgehead atoms. The van der Waals surface area contributed by atoms with Crippen molar-refractivity contribution in [1.82, 2.24) is 14.3 Å². The van der Waals surface area contributed by atoms with Gasteiger partial charge in [0.15, 0.2) is 4.96 Å². The minimum atomic E-state index is 0.220. The minimum absolute atomic E-state index is 0.220. The van der Waals surface area contributed by atoms with Crippen LogP contribution >= 0.6 is 22.9 Å². The summed E-state index contributed by atoms with van der Waals surface area (Å²) in [5.41, 5.74) is 3.14. The van der Waals surface area contributed by atoms with Crippen molar-refractivity contribution in [2.45, 2.75) is 51.5 Å². The van der Waals surface area contributed by atoms with E-state index in [0.717, 1.165) is 45.5 Å². The quantitative estimate of drug-likeness (QED) is 0.262. The van der Waals surface area contributed by atoms with E-state index in [1.54, 1.807) is 17.6 Å². The Balaban J connectivity index is 1.28. The monoisotopic (exact) mass is 481 g/mol. The smallest absolute Gasteiger partial charge is 0.222 e. The Morgan fingerprint density at radius 1 is 1.21 bits per heavy atom. The molecule has 3 heterocycles. The molecule has 0 saturated heterocycles. The van der Waals surface area contributed by atoms with Crippen molar-refractivity contribution in [3.05, 3.63) is 70.7 Å². The van der Waals surface area contributed by atoms with Gasteiger partial charge in [-0.2, -0.15) is 0 Å². The van der Waals surface area contributed by atoms with E-state index in [9.17, 15) is 4.79 Å². The highest BCUT2D eigenvalue weighted by atomic mass is 35.5. The van der Waals surface area contributed by atoms with E-state index in [1.807, 2.05) is 41.3 Å². The van der Waals surface area contributed by atoms with Gasteiger partial charge in [0, 0.05) is 47.2 Å². The van der Waals surface area contributed by atoms with E-state index in [1.165, 1.54) is 25.7 Å². The van der Waals surface area contributed by atoms with Gasteiger partial charge >= 0.3 is 0 Å². The van der Waals surface area contributed by atoms with Gasteiger partial charge in [-0.15, -0.1) is 11.3 Å². The third kappa shape index (κ3) is 5.33. The number of nitrogens with zero attached hydrogens (tertiary/aromatic N) is 3. The number of halogens is 1. The Hall–Kier alpha value is -2.57. The molecule has 5 rings (SSSR count). The Bertz CT molecular complexity index is 1190. The molecule has 0 aliphatic heterocycles. The summed E-state index contributed by atoms with van der Waals surface area (Å²) in [6.07, 6.45) is 11.3. The molecule has 1 amide bonds. The fraction of sp³-hybridized carbons (Fsp3) is 0.385. The van der Waals surface area contributed by atoms with Gasteiger partial charge in [-0.1, -0.05) is 49.4 Å².